The van der Waals surface area contributed by atoms with Crippen molar-refractivity contribution in [2.24, 2.45) is 0 Å². The second kappa shape index (κ2) is 38.9. The summed E-state index contributed by atoms with van der Waals surface area (Å²) in [7, 11) is 2.57. The number of nitrogens with one attached hydrogen (secondary N) is 6. The van der Waals surface area contributed by atoms with E-state index in [9.17, 15) is 25.3 Å². The van der Waals surface area contributed by atoms with Crippen molar-refractivity contribution in [3.63, 3.8) is 0 Å². The van der Waals surface area contributed by atoms with Gasteiger partial charge < -0.3 is 45.1 Å². The number of fused-ring (bicyclic) bond motifs is 4. The fraction of sp³-hybridized carbons (Fsp3) is 0.432. The molecule has 0 saturated heterocycles. The Morgan fingerprint density at radius 3 is 1.20 bits per heavy atom. The second-order valence-electron chi connectivity index (χ2n) is 26.7. The summed E-state index contributed by atoms with van der Waals surface area (Å²) in [6.45, 7) is 19.8. The number of alkyl halides is 2. The van der Waals surface area contributed by atoms with Crippen LogP contribution in [0.15, 0.2) is 153 Å². The Bertz CT molecular complexity index is 4820. The van der Waals surface area contributed by atoms with Crippen molar-refractivity contribution < 1.29 is 25.3 Å². The number of anilines is 6. The van der Waals surface area contributed by atoms with E-state index in [0.717, 1.165) is 108 Å². The zero-order valence-corrected chi connectivity index (χ0v) is 69.4. The van der Waals surface area contributed by atoms with Crippen LogP contribution in [-0.4, -0.2) is 153 Å². The van der Waals surface area contributed by atoms with E-state index in [1.165, 1.54) is 32.0 Å². The van der Waals surface area contributed by atoms with E-state index in [1.54, 1.807) is 24.5 Å². The van der Waals surface area contributed by atoms with Gasteiger partial charge in [0.2, 0.25) is 31.9 Å². The summed E-state index contributed by atoms with van der Waals surface area (Å²) in [5.41, 5.74) is 7.25. The van der Waals surface area contributed by atoms with Crippen LogP contribution in [0.25, 0.3) is 43.9 Å². The van der Waals surface area contributed by atoms with Crippen LogP contribution < -0.4 is 40.5 Å². The largest absolute Gasteiger partial charge is 0.377 e. The molecule has 23 nitrogen and oxygen atoms in total. The molecule has 12 rings (SSSR count). The van der Waals surface area contributed by atoms with Gasteiger partial charge in [-0.2, -0.15) is 19.9 Å². The number of imidazole rings is 2. The first-order chi connectivity index (χ1) is 49.9. The minimum absolute atomic E-state index is 0.00745. The Morgan fingerprint density at radius 2 is 0.848 bits per heavy atom. The number of nitrogens with zero attached hydrogens (tertiary/aromatic N) is 11. The highest BCUT2D eigenvalue weighted by Crippen LogP contribution is 2.35. The molecule has 10 aromatic rings. The van der Waals surface area contributed by atoms with Gasteiger partial charge in [-0.3, -0.25) is 0 Å². The lowest BCUT2D eigenvalue weighted by atomic mass is 9.92. The van der Waals surface area contributed by atoms with E-state index in [-0.39, 0.29) is 46.5 Å². The zero-order chi connectivity index (χ0) is 76.3. The number of benzene rings is 6. The van der Waals surface area contributed by atoms with Crippen molar-refractivity contribution in [2.45, 2.75) is 159 Å². The molecule has 0 radical (unpaired) electrons. The molecule has 0 spiro atoms. The Labute approximate surface area is 650 Å². The summed E-state index contributed by atoms with van der Waals surface area (Å²) in [5.74, 6) is 2.47. The Balaban J connectivity index is 0.000000201. The van der Waals surface area contributed by atoms with E-state index in [0.29, 0.717) is 59.7 Å². The molecule has 2 aliphatic carbocycles. The van der Waals surface area contributed by atoms with Crippen molar-refractivity contribution in [1.82, 2.24) is 53.4 Å². The number of aromatic nitrogens is 8. The average molecular weight is 1680 g/mol. The van der Waals surface area contributed by atoms with E-state index in [1.807, 2.05) is 126 Å². The van der Waals surface area contributed by atoms with Gasteiger partial charge in [-0.05, 0) is 158 Å². The van der Waals surface area contributed by atoms with E-state index in [2.05, 4.69) is 150 Å². The Hall–Kier alpha value is -6.70. The van der Waals surface area contributed by atoms with Crippen molar-refractivity contribution in [2.75, 3.05) is 90.5 Å². The first-order valence-corrected chi connectivity index (χ1v) is 43.4. The standard InChI is InChI=1S/C33H39BrN8O2S.C22H30BrN7O2S.C12H12ClNO2S.C6H15N.CH2Cl2/c1-21(2)42-20-36-30-31(35-19-22-11-13-23(34)14-12-22)38-33(39-32(30)42)37-24-15-17-25(18-16-24)40-45(43,44)29-10-6-7-26-27(29)8-5-9-28(26)41(3)4;1-14(2)30-13-25-19-20(24-12-15-4-6-16(23)7-5-15)27-22(28-21(19)30)26-17-8-10-18(11-9-17)29-33(3,31)32;1-14(2)11-7-3-6-10-9(11)5-4-8-12(10)17(13,15)16;1-4-7(5-2)6-3;2-1-3/h5-14,20-21,24-25,40H,15-19H2,1-4H3,(H2,35,37,38,39);4-7,13-14,17-18,29H,8-12H2,1-3H3,(H2,24,26,27,28);3-8H,1-2H3;4-6H2,1-3H3;1H2. The van der Waals surface area contributed by atoms with Crippen LogP contribution in [0.4, 0.5) is 34.9 Å². The molecule has 0 bridgehead atoms. The fourth-order valence-corrected chi connectivity index (χ4v) is 16.6. The molecule has 105 heavy (non-hydrogen) atoms. The summed E-state index contributed by atoms with van der Waals surface area (Å²) in [6, 6.07) is 38.8. The predicted molar refractivity (Wildman–Crippen MR) is 442 cm³/mol. The Morgan fingerprint density at radius 1 is 0.495 bits per heavy atom. The molecule has 0 aliphatic heterocycles. The maximum absolute atomic E-state index is 13.6. The molecule has 0 atom stereocenters. The monoisotopic (exact) mass is 1680 g/mol. The lowest BCUT2D eigenvalue weighted by Crippen LogP contribution is -2.40. The quantitative estimate of drug-likeness (QED) is 0.0257. The Kier molecular flexibility index (Phi) is 31.1. The maximum Gasteiger partial charge on any atom is 0.261 e. The van der Waals surface area contributed by atoms with Crippen molar-refractivity contribution in [1.29, 1.82) is 0 Å². The zero-order valence-electron chi connectivity index (χ0n) is 61.5. The van der Waals surface area contributed by atoms with Gasteiger partial charge in [-0.25, -0.2) is 44.7 Å². The third-order valence-electron chi connectivity index (χ3n) is 18.1. The third-order valence-corrected chi connectivity index (χ3v) is 22.9. The van der Waals surface area contributed by atoms with E-state index < -0.39 is 29.1 Å². The molecule has 568 valence electrons. The van der Waals surface area contributed by atoms with Crippen LogP contribution in [0.2, 0.25) is 0 Å². The summed E-state index contributed by atoms with van der Waals surface area (Å²) >= 11 is 16.5. The molecule has 2 saturated carbocycles. The molecule has 31 heteroatoms. The minimum atomic E-state index is -3.72. The van der Waals surface area contributed by atoms with Crippen LogP contribution in [-0.2, 0) is 42.2 Å². The van der Waals surface area contributed by atoms with Crippen LogP contribution in [0.1, 0.15) is 123 Å². The molecule has 0 amide bonds. The van der Waals surface area contributed by atoms with Gasteiger partial charge in [-0.15, -0.1) is 23.2 Å². The van der Waals surface area contributed by atoms with Gasteiger partial charge >= 0.3 is 0 Å². The summed E-state index contributed by atoms with van der Waals surface area (Å²) in [6.07, 6.45) is 11.1. The van der Waals surface area contributed by atoms with Crippen molar-refractivity contribution >= 4 is 174 Å². The molecule has 2 aliphatic rings. The number of rotatable bonds is 23. The number of hydrogen-bond donors (Lipinski definition) is 6. The van der Waals surface area contributed by atoms with Gasteiger partial charge in [0.15, 0.2) is 34.0 Å². The summed E-state index contributed by atoms with van der Waals surface area (Å²) < 4.78 is 85.1. The van der Waals surface area contributed by atoms with Gasteiger partial charge in [0, 0.05) is 130 Å². The van der Waals surface area contributed by atoms with Gasteiger partial charge in [0.05, 0.1) is 34.0 Å². The molecule has 2 fully saturated rings. The third kappa shape index (κ3) is 23.7. The molecule has 0 unspecified atom stereocenters. The molecule has 4 heterocycles. The predicted octanol–water partition coefficient (Wildman–Crippen LogP) is 16.4. The first-order valence-electron chi connectivity index (χ1n) is 35.1. The fourth-order valence-electron chi connectivity index (χ4n) is 12.6. The highest BCUT2D eigenvalue weighted by Gasteiger charge is 2.29. The minimum Gasteiger partial charge on any atom is -0.377 e. The molecule has 4 aromatic heterocycles. The lowest BCUT2D eigenvalue weighted by molar-refractivity contribution is 0.321. The second-order valence-corrected chi connectivity index (χ2v) is 35.3. The van der Waals surface area contributed by atoms with Gasteiger partial charge in [0.25, 0.3) is 9.05 Å². The number of hydrogen-bond acceptors (Lipinski definition) is 19. The maximum atomic E-state index is 13.6. The summed E-state index contributed by atoms with van der Waals surface area (Å²) in [5, 5.41) is 17.3. The van der Waals surface area contributed by atoms with Crippen molar-refractivity contribution in [3.8, 4) is 0 Å². The lowest BCUT2D eigenvalue weighted by Gasteiger charge is -2.29. The normalized spacial score (nSPS) is 16.2. The highest BCUT2D eigenvalue weighted by molar-refractivity contribution is 9.10. The SMILES string of the molecule is CC(C)n1cnc2c(NCc3ccc(Br)cc3)nc(NC3CCC(NS(=O)(=O)c4cccc5c(N(C)C)cccc45)CC3)nc21.CC(C)n1cnc2c(NCc3ccc(Br)cc3)nc(NC3CCC(NS(C)(=O)=O)CC3)nc21.CCN(CC)CC.CN(C)c1cccc2c(S(=O)(=O)Cl)cccc12.ClCCl. The van der Waals surface area contributed by atoms with E-state index >= 15 is 0 Å². The molecule has 6 aromatic carbocycles. The van der Waals surface area contributed by atoms with Gasteiger partial charge in [-0.1, -0.05) is 125 Å². The van der Waals surface area contributed by atoms with Crippen molar-refractivity contribution in [3.05, 3.63) is 154 Å². The van der Waals surface area contributed by atoms with Gasteiger partial charge in [0.1, 0.15) is 0 Å². The molecular weight excluding hydrogens is 1590 g/mol. The van der Waals surface area contributed by atoms with Crippen LogP contribution >= 0.6 is 65.7 Å². The number of sulfonamides is 2. The molecular formula is C74H98Br2Cl3N17O6S3. The van der Waals surface area contributed by atoms with Crippen LogP contribution in [0.3, 0.4) is 0 Å². The van der Waals surface area contributed by atoms with Crippen LogP contribution in [0, 0.1) is 0 Å². The highest BCUT2D eigenvalue weighted by atomic mass is 79.9. The average Bonchev–Trinajstić information content (AvgIpc) is 1.59. The first kappa shape index (κ1) is 83.9. The van der Waals surface area contributed by atoms with Crippen LogP contribution in [0.5, 0.6) is 0 Å². The van der Waals surface area contributed by atoms with E-state index in [4.69, 9.17) is 53.8 Å². The topological polar surface area (TPSA) is 272 Å². The smallest absolute Gasteiger partial charge is 0.261 e. The number of halogens is 5. The molecule has 6 N–H and O–H groups in total. The summed E-state index contributed by atoms with van der Waals surface area (Å²) in [4.78, 5) is 35.2.